The quantitative estimate of drug-likeness (QED) is 0.412. The van der Waals surface area contributed by atoms with Gasteiger partial charge >= 0.3 is 6.18 Å². The van der Waals surface area contributed by atoms with Crippen molar-refractivity contribution >= 4 is 15.9 Å². The highest BCUT2D eigenvalue weighted by Gasteiger charge is 2.35. The van der Waals surface area contributed by atoms with Gasteiger partial charge in [-0.15, -0.1) is 0 Å². The van der Waals surface area contributed by atoms with Gasteiger partial charge in [0.15, 0.2) is 0 Å². The minimum atomic E-state index is -4.63. The summed E-state index contributed by atoms with van der Waals surface area (Å²) in [6, 6.07) is 3.69. The van der Waals surface area contributed by atoms with E-state index in [2.05, 4.69) is 24.1 Å². The van der Waals surface area contributed by atoms with Gasteiger partial charge in [0.25, 0.3) is 0 Å². The molecule has 0 spiro atoms. The van der Waals surface area contributed by atoms with Gasteiger partial charge in [0.05, 0.1) is 30.2 Å². The van der Waals surface area contributed by atoms with Crippen LogP contribution in [0.1, 0.15) is 69.3 Å². The molecule has 9 nitrogen and oxygen atoms in total. The monoisotopic (exact) mass is 627 g/mol. The molecule has 1 aromatic carbocycles. The lowest BCUT2D eigenvalue weighted by Gasteiger charge is -2.37. The topological polar surface area (TPSA) is 108 Å². The smallest absolute Gasteiger partial charge is 0.390 e. The fourth-order valence-electron chi connectivity index (χ4n) is 5.83. The van der Waals surface area contributed by atoms with Crippen LogP contribution >= 0.6 is 0 Å². The third-order valence-corrected chi connectivity index (χ3v) is 9.63. The van der Waals surface area contributed by atoms with Gasteiger partial charge in [0.2, 0.25) is 15.9 Å². The van der Waals surface area contributed by atoms with Crippen LogP contribution in [-0.2, 0) is 47.0 Å². The molecular formula is C30H44F3N5O4S. The summed E-state index contributed by atoms with van der Waals surface area (Å²) in [5, 5.41) is 18.4. The molecule has 2 aliphatic rings. The molecule has 2 N–H and O–H groups in total. The summed E-state index contributed by atoms with van der Waals surface area (Å²) in [5.41, 5.74) is 1.46. The van der Waals surface area contributed by atoms with Crippen LogP contribution in [0.3, 0.4) is 0 Å². The molecule has 3 heterocycles. The summed E-state index contributed by atoms with van der Waals surface area (Å²) in [6.07, 6.45) is -1.60. The number of nitrogens with zero attached hydrogens (tertiary/aromatic N) is 4. The van der Waals surface area contributed by atoms with Crippen molar-refractivity contribution in [1.29, 1.82) is 0 Å². The SMILES string of the molecule is CC(C)CC(=O)NCc1cc(-c2nn(CC(O)CN3CCC(C)(C)CC3)c3c2CN(S(C)(=O)=O)CC3)ccc1C(F)(F)F. The number of aromatic nitrogens is 2. The van der Waals surface area contributed by atoms with Crippen molar-refractivity contribution in [3.63, 3.8) is 0 Å². The second kappa shape index (κ2) is 12.9. The van der Waals surface area contributed by atoms with E-state index in [1.165, 1.54) is 16.4 Å². The maximum Gasteiger partial charge on any atom is 0.416 e. The maximum atomic E-state index is 13.9. The Morgan fingerprint density at radius 2 is 1.81 bits per heavy atom. The summed E-state index contributed by atoms with van der Waals surface area (Å²) in [5.74, 6) is -0.288. The maximum absolute atomic E-state index is 13.9. The Bertz CT molecular complexity index is 1410. The van der Waals surface area contributed by atoms with Gasteiger partial charge in [-0.1, -0.05) is 33.8 Å². The zero-order valence-corrected chi connectivity index (χ0v) is 26.5. The van der Waals surface area contributed by atoms with Crippen LogP contribution in [0.5, 0.6) is 0 Å². The number of rotatable bonds is 10. The molecule has 0 saturated carbocycles. The van der Waals surface area contributed by atoms with Crippen molar-refractivity contribution in [3.8, 4) is 11.3 Å². The van der Waals surface area contributed by atoms with Gasteiger partial charge in [-0.25, -0.2) is 8.42 Å². The van der Waals surface area contributed by atoms with Crippen molar-refractivity contribution < 1.29 is 31.5 Å². The van der Waals surface area contributed by atoms with E-state index in [4.69, 9.17) is 5.10 Å². The molecule has 1 amide bonds. The fourth-order valence-corrected chi connectivity index (χ4v) is 6.62. The first-order valence-corrected chi connectivity index (χ1v) is 16.7. The van der Waals surface area contributed by atoms with Crippen LogP contribution in [0.25, 0.3) is 11.3 Å². The summed E-state index contributed by atoms with van der Waals surface area (Å²) in [6.45, 7) is 10.6. The number of benzene rings is 1. The molecule has 1 aromatic heterocycles. The number of fused-ring (bicyclic) bond motifs is 1. The standard InChI is InChI=1S/C30H44F3N5O4S/c1-20(2)14-27(40)34-16-22-15-21(6-7-25(22)30(31,32)33)28-24-19-37(43(5,41)42)11-8-26(24)38(35-28)18-23(39)17-36-12-9-29(3,4)10-13-36/h6-7,15,20,23,39H,8-14,16-19H2,1-5H3,(H,34,40). The Balaban J connectivity index is 1.66. The van der Waals surface area contributed by atoms with Gasteiger partial charge in [-0.3, -0.25) is 9.48 Å². The predicted molar refractivity (Wildman–Crippen MR) is 158 cm³/mol. The normalized spacial score (nSPS) is 18.9. The Morgan fingerprint density at radius 1 is 1.14 bits per heavy atom. The molecule has 13 heteroatoms. The third-order valence-electron chi connectivity index (χ3n) is 8.38. The molecule has 1 saturated heterocycles. The number of aliphatic hydroxyl groups excluding tert-OH is 1. The number of likely N-dealkylation sites (tertiary alicyclic amines) is 1. The number of carbonyl (C=O) groups is 1. The van der Waals surface area contributed by atoms with E-state index in [0.717, 1.165) is 43.9 Å². The molecular weight excluding hydrogens is 583 g/mol. The first-order valence-electron chi connectivity index (χ1n) is 14.8. The number of aliphatic hydroxyl groups is 1. The Hall–Kier alpha value is -2.48. The second-order valence-corrected chi connectivity index (χ2v) is 15.1. The molecule has 240 valence electrons. The van der Waals surface area contributed by atoms with Gasteiger partial charge in [0, 0.05) is 55.8 Å². The van der Waals surface area contributed by atoms with E-state index in [1.54, 1.807) is 4.68 Å². The number of sulfonamides is 1. The summed E-state index contributed by atoms with van der Waals surface area (Å²) >= 11 is 0. The zero-order chi connectivity index (χ0) is 31.7. The van der Waals surface area contributed by atoms with Crippen LogP contribution in [0.2, 0.25) is 0 Å². The summed E-state index contributed by atoms with van der Waals surface area (Å²) in [7, 11) is -3.53. The van der Waals surface area contributed by atoms with Crippen LogP contribution in [0, 0.1) is 11.3 Å². The van der Waals surface area contributed by atoms with Crippen molar-refractivity contribution in [2.24, 2.45) is 11.3 Å². The molecule has 2 aliphatic heterocycles. The highest BCUT2D eigenvalue weighted by atomic mass is 32.2. The second-order valence-electron chi connectivity index (χ2n) is 13.2. The highest BCUT2D eigenvalue weighted by molar-refractivity contribution is 7.88. The lowest BCUT2D eigenvalue weighted by molar-refractivity contribution is -0.138. The first kappa shape index (κ1) is 33.4. The molecule has 0 aliphatic carbocycles. The Kier molecular flexibility index (Phi) is 9.99. The molecule has 1 atom stereocenters. The van der Waals surface area contributed by atoms with Crippen LogP contribution in [-0.4, -0.2) is 77.0 Å². The van der Waals surface area contributed by atoms with Crippen molar-refractivity contribution in [3.05, 3.63) is 40.6 Å². The van der Waals surface area contributed by atoms with Crippen molar-refractivity contribution in [2.45, 2.75) is 85.3 Å². The molecule has 43 heavy (non-hydrogen) atoms. The average molecular weight is 628 g/mol. The van der Waals surface area contributed by atoms with Gasteiger partial charge < -0.3 is 15.3 Å². The first-order chi connectivity index (χ1) is 19.9. The molecule has 2 aromatic rings. The minimum absolute atomic E-state index is 0.0300. The number of hydrogen-bond acceptors (Lipinski definition) is 6. The number of alkyl halides is 3. The van der Waals surface area contributed by atoms with E-state index in [9.17, 15) is 31.5 Å². The van der Waals surface area contributed by atoms with E-state index in [-0.39, 0.29) is 55.4 Å². The number of hydrogen-bond donors (Lipinski definition) is 2. The van der Waals surface area contributed by atoms with Gasteiger partial charge in [0.1, 0.15) is 0 Å². The van der Waals surface area contributed by atoms with E-state index in [1.807, 2.05) is 13.8 Å². The average Bonchev–Trinajstić information content (AvgIpc) is 3.24. The molecule has 0 radical (unpaired) electrons. The number of piperidine rings is 1. The van der Waals surface area contributed by atoms with Crippen molar-refractivity contribution in [2.75, 3.05) is 32.4 Å². The minimum Gasteiger partial charge on any atom is -0.390 e. The zero-order valence-electron chi connectivity index (χ0n) is 25.7. The van der Waals surface area contributed by atoms with E-state index in [0.29, 0.717) is 29.8 Å². The number of carbonyl (C=O) groups excluding carboxylic acids is 1. The number of nitrogens with one attached hydrogen (secondary N) is 1. The fraction of sp³-hybridized carbons (Fsp3) is 0.667. The third kappa shape index (κ3) is 8.58. The molecule has 1 fully saturated rings. The molecule has 4 rings (SSSR count). The molecule has 0 bridgehead atoms. The Morgan fingerprint density at radius 3 is 2.42 bits per heavy atom. The summed E-state index contributed by atoms with van der Waals surface area (Å²) < 4.78 is 69.6. The van der Waals surface area contributed by atoms with Gasteiger partial charge in [-0.2, -0.15) is 22.6 Å². The summed E-state index contributed by atoms with van der Waals surface area (Å²) in [4.78, 5) is 14.5. The number of halogens is 3. The van der Waals surface area contributed by atoms with E-state index < -0.39 is 27.9 Å². The number of amides is 1. The van der Waals surface area contributed by atoms with Crippen LogP contribution in [0.4, 0.5) is 13.2 Å². The Labute approximate surface area is 252 Å². The van der Waals surface area contributed by atoms with Gasteiger partial charge in [-0.05, 0) is 55.0 Å². The lowest BCUT2D eigenvalue weighted by atomic mass is 9.82. The van der Waals surface area contributed by atoms with Crippen LogP contribution < -0.4 is 5.32 Å². The van der Waals surface area contributed by atoms with Crippen molar-refractivity contribution in [1.82, 2.24) is 24.3 Å². The highest BCUT2D eigenvalue weighted by Crippen LogP contribution is 2.37. The lowest BCUT2D eigenvalue weighted by Crippen LogP contribution is -2.42. The van der Waals surface area contributed by atoms with Crippen LogP contribution in [0.15, 0.2) is 18.2 Å². The predicted octanol–water partition coefficient (Wildman–Crippen LogP) is 4.03. The molecule has 1 unspecified atom stereocenters. The number of β-amino-alcohol motifs (C(OH)–C–C–N with tert-alkyl or cyclic N) is 1. The van der Waals surface area contributed by atoms with E-state index >= 15 is 0 Å². The largest absolute Gasteiger partial charge is 0.416 e.